The lowest BCUT2D eigenvalue weighted by molar-refractivity contribution is -0.144. The van der Waals surface area contributed by atoms with Gasteiger partial charge in [0.1, 0.15) is 17.1 Å². The number of imide groups is 1. The summed E-state index contributed by atoms with van der Waals surface area (Å²) in [6, 6.07) is -1.84. The molecule has 1 aromatic heterocycles. The molecule has 37 heavy (non-hydrogen) atoms. The maximum absolute atomic E-state index is 13.9. The molecule has 0 spiro atoms. The molecule has 2 fully saturated rings. The van der Waals surface area contributed by atoms with Gasteiger partial charge < -0.3 is 15.4 Å². The van der Waals surface area contributed by atoms with Crippen LogP contribution in [0.5, 0.6) is 0 Å². The number of hydrogen-bond acceptors (Lipinski definition) is 8. The Morgan fingerprint density at radius 1 is 1.27 bits per heavy atom. The molecule has 3 amide bonds. The van der Waals surface area contributed by atoms with E-state index in [1.54, 1.807) is 13.8 Å². The van der Waals surface area contributed by atoms with Crippen LogP contribution in [0.25, 0.3) is 0 Å². The number of likely N-dealkylation sites (tertiary alicyclic amines) is 1. The number of esters is 1. The Labute approximate surface area is 225 Å². The van der Waals surface area contributed by atoms with Crippen molar-refractivity contribution in [3.05, 3.63) is 27.3 Å². The van der Waals surface area contributed by atoms with Crippen LogP contribution in [0.15, 0.2) is 4.99 Å². The van der Waals surface area contributed by atoms with Gasteiger partial charge in [0.25, 0.3) is 11.8 Å². The average Bonchev–Trinajstić information content (AvgIpc) is 3.47. The summed E-state index contributed by atoms with van der Waals surface area (Å²) in [7, 11) is 0. The number of ether oxygens (including phenoxy) is 1. The minimum atomic E-state index is -0.769. The predicted molar refractivity (Wildman–Crippen MR) is 142 cm³/mol. The highest BCUT2D eigenvalue weighted by atomic mass is 35.5. The minimum Gasteiger partial charge on any atom is -0.462 e. The fraction of sp³-hybridized carbons (Fsp3) is 0.560. The highest BCUT2D eigenvalue weighted by Crippen LogP contribution is 2.36. The number of amides is 3. The molecule has 2 aliphatic rings. The summed E-state index contributed by atoms with van der Waals surface area (Å²) in [5.74, 6) is -2.40. The smallest absolute Gasteiger partial charge is 0.349 e. The number of hydrogen-bond donors (Lipinski definition) is 2. The van der Waals surface area contributed by atoms with Gasteiger partial charge in [-0.05, 0) is 46.5 Å². The van der Waals surface area contributed by atoms with E-state index in [1.807, 2.05) is 0 Å². The van der Waals surface area contributed by atoms with Crippen molar-refractivity contribution in [3.8, 4) is 0 Å². The van der Waals surface area contributed by atoms with E-state index in [1.165, 1.54) is 9.80 Å². The van der Waals surface area contributed by atoms with Crippen LogP contribution < -0.4 is 5.73 Å². The van der Waals surface area contributed by atoms with Crippen LogP contribution in [0.4, 0.5) is 0 Å². The van der Waals surface area contributed by atoms with Crippen LogP contribution in [-0.2, 0) is 19.1 Å². The Balaban J connectivity index is 1.94. The predicted octanol–water partition coefficient (Wildman–Crippen LogP) is 3.18. The molecule has 1 saturated heterocycles. The second-order valence-electron chi connectivity index (χ2n) is 9.19. The lowest BCUT2D eigenvalue weighted by Gasteiger charge is -2.36. The molecule has 3 N–H and O–H groups in total. The van der Waals surface area contributed by atoms with Crippen molar-refractivity contribution in [2.24, 2.45) is 10.7 Å². The van der Waals surface area contributed by atoms with Gasteiger partial charge in [-0.3, -0.25) is 24.7 Å². The van der Waals surface area contributed by atoms with E-state index in [0.29, 0.717) is 37.1 Å². The van der Waals surface area contributed by atoms with Crippen molar-refractivity contribution < 1.29 is 23.9 Å². The number of rotatable bonds is 7. The zero-order valence-corrected chi connectivity index (χ0v) is 22.7. The summed E-state index contributed by atoms with van der Waals surface area (Å²) in [6.45, 7) is 7.70. The first-order valence-corrected chi connectivity index (χ1v) is 13.6. The van der Waals surface area contributed by atoms with E-state index in [9.17, 15) is 19.2 Å². The van der Waals surface area contributed by atoms with Gasteiger partial charge in [-0.15, -0.1) is 11.3 Å². The molecule has 12 heteroatoms. The van der Waals surface area contributed by atoms with Gasteiger partial charge in [-0.25, -0.2) is 9.79 Å². The summed E-state index contributed by atoms with van der Waals surface area (Å²) in [4.78, 5) is 59.0. The molecule has 1 radical (unpaired) electrons. The molecule has 1 aliphatic carbocycles. The van der Waals surface area contributed by atoms with Crippen LogP contribution in [-0.4, -0.2) is 76.8 Å². The van der Waals surface area contributed by atoms with Gasteiger partial charge in [-0.1, -0.05) is 30.9 Å². The van der Waals surface area contributed by atoms with Crippen molar-refractivity contribution in [1.29, 1.82) is 5.41 Å². The Kier molecular flexibility index (Phi) is 9.97. The van der Waals surface area contributed by atoms with Crippen LogP contribution in [0, 0.1) is 12.3 Å². The minimum absolute atomic E-state index is 0.0467. The third-order valence-electron chi connectivity index (χ3n) is 6.55. The molecular weight excluding hydrogens is 518 g/mol. The number of nitrogens with one attached hydrogen (secondary N) is 1. The zero-order valence-electron chi connectivity index (χ0n) is 21.1. The fourth-order valence-electron chi connectivity index (χ4n) is 4.79. The normalized spacial score (nSPS) is 19.2. The Bertz CT molecular complexity index is 1100. The van der Waals surface area contributed by atoms with Crippen LogP contribution in [0.2, 0.25) is 5.02 Å². The van der Waals surface area contributed by atoms with Crippen molar-refractivity contribution in [1.82, 2.24) is 9.80 Å². The van der Waals surface area contributed by atoms with E-state index in [0.717, 1.165) is 36.8 Å². The van der Waals surface area contributed by atoms with E-state index in [4.69, 9.17) is 27.5 Å². The standard InChI is InChI=1S/C25H33ClN5O5S/c1-4-36-18(32)13-29-22(28)19-15(3)37-21(20(19)26)25(35)31(16-9-6-5-7-10-16)24(34)17-11-8-12-30(17)23(33)14(2)27/h13-14,16-17,28H,3-12,27H2,1-2H3/t14-,17-/m0/s1. The average molecular weight is 551 g/mol. The molecule has 2 heterocycles. The van der Waals surface area contributed by atoms with E-state index < -0.39 is 29.9 Å². The molecule has 10 nitrogen and oxygen atoms in total. The maximum Gasteiger partial charge on any atom is 0.349 e. The highest BCUT2D eigenvalue weighted by Gasteiger charge is 2.43. The van der Waals surface area contributed by atoms with Crippen molar-refractivity contribution in [3.63, 3.8) is 0 Å². The molecule has 201 valence electrons. The third-order valence-corrected chi connectivity index (χ3v) is 8.07. The Morgan fingerprint density at radius 3 is 2.57 bits per heavy atom. The summed E-state index contributed by atoms with van der Waals surface area (Å²) in [6.07, 6.45) is 6.07. The molecule has 1 aromatic rings. The van der Waals surface area contributed by atoms with Gasteiger partial charge in [0.15, 0.2) is 5.84 Å². The monoisotopic (exact) mass is 550 g/mol. The second kappa shape index (κ2) is 12.7. The van der Waals surface area contributed by atoms with E-state index in [-0.39, 0.29) is 39.9 Å². The first-order chi connectivity index (χ1) is 17.6. The number of nitrogens with two attached hydrogens (primary N) is 1. The van der Waals surface area contributed by atoms with Crippen LogP contribution in [0.1, 0.15) is 78.9 Å². The second-order valence-corrected chi connectivity index (χ2v) is 10.7. The largest absolute Gasteiger partial charge is 0.462 e. The topological polar surface area (TPSA) is 146 Å². The summed E-state index contributed by atoms with van der Waals surface area (Å²) in [5.41, 5.74) is 5.92. The van der Waals surface area contributed by atoms with E-state index >= 15 is 0 Å². The van der Waals surface area contributed by atoms with Gasteiger partial charge in [0, 0.05) is 17.5 Å². The van der Waals surface area contributed by atoms with E-state index in [2.05, 4.69) is 11.9 Å². The first kappa shape index (κ1) is 28.9. The molecule has 0 unspecified atom stereocenters. The fourth-order valence-corrected chi connectivity index (χ4v) is 6.17. The number of carbonyl (C=O) groups excluding carboxylic acids is 4. The Morgan fingerprint density at radius 2 is 1.95 bits per heavy atom. The van der Waals surface area contributed by atoms with Gasteiger partial charge in [0.2, 0.25) is 5.91 Å². The molecule has 3 rings (SSSR count). The molecular formula is C25H33ClN5O5S. The molecule has 0 bridgehead atoms. The maximum atomic E-state index is 13.9. The summed E-state index contributed by atoms with van der Waals surface area (Å²) in [5, 5.41) is 8.21. The molecule has 2 atom stereocenters. The number of carbonyl (C=O) groups is 4. The van der Waals surface area contributed by atoms with Crippen molar-refractivity contribution in [2.75, 3.05) is 13.2 Å². The number of thiophene rings is 1. The Hall–Kier alpha value is -2.63. The number of aliphatic imine (C=N–C) groups is 1. The zero-order chi connectivity index (χ0) is 27.3. The molecule has 1 aliphatic heterocycles. The summed E-state index contributed by atoms with van der Waals surface area (Å²) < 4.78 is 4.78. The summed E-state index contributed by atoms with van der Waals surface area (Å²) >= 11 is 7.53. The molecule has 1 saturated carbocycles. The van der Waals surface area contributed by atoms with Crippen LogP contribution in [0.3, 0.4) is 0 Å². The van der Waals surface area contributed by atoms with Gasteiger partial charge in [0.05, 0.1) is 23.2 Å². The van der Waals surface area contributed by atoms with Gasteiger partial charge >= 0.3 is 5.97 Å². The lowest BCUT2D eigenvalue weighted by atomic mass is 9.93. The van der Waals surface area contributed by atoms with Crippen LogP contribution >= 0.6 is 22.9 Å². The third kappa shape index (κ3) is 6.45. The quantitative estimate of drug-likeness (QED) is 0.231. The number of amidine groups is 1. The SMILES string of the molecule is [CH2]c1sc(C(=O)N(C(=O)[C@@H]2CCCN2C(=O)[C@H](C)N)C2CCCCC2)c(Cl)c1C(=N)N=CC(=O)OCC. The van der Waals surface area contributed by atoms with Gasteiger partial charge in [-0.2, -0.15) is 0 Å². The van der Waals surface area contributed by atoms with Crippen molar-refractivity contribution >= 4 is 58.7 Å². The molecule has 0 aromatic carbocycles. The first-order valence-electron chi connectivity index (χ1n) is 12.5. The lowest BCUT2D eigenvalue weighted by Crippen LogP contribution is -2.55. The number of nitrogens with zero attached hydrogens (tertiary/aromatic N) is 3. The van der Waals surface area contributed by atoms with Crippen molar-refractivity contribution in [2.45, 2.75) is 76.9 Å². The number of halogens is 1. The highest BCUT2D eigenvalue weighted by molar-refractivity contribution is 7.15.